The Morgan fingerprint density at radius 1 is 1.22 bits per heavy atom. The van der Waals surface area contributed by atoms with E-state index in [1.54, 1.807) is 12.1 Å². The molecule has 7 nitrogen and oxygen atoms in total. The number of rotatable bonds is 4. The van der Waals surface area contributed by atoms with Gasteiger partial charge in [0.15, 0.2) is 0 Å². The molecule has 3 N–H and O–H groups in total. The summed E-state index contributed by atoms with van der Waals surface area (Å²) in [6.07, 6.45) is -3.33. The Bertz CT molecular complexity index is 1480. The number of pyridine rings is 1. The maximum atomic E-state index is 13.2. The number of nitrogens with one attached hydrogen (secondary N) is 3. The van der Waals surface area contributed by atoms with Crippen molar-refractivity contribution < 1.29 is 22.7 Å². The lowest BCUT2D eigenvalue weighted by Gasteiger charge is -2.18. The van der Waals surface area contributed by atoms with Gasteiger partial charge in [0.2, 0.25) is 5.95 Å². The van der Waals surface area contributed by atoms with Crippen molar-refractivity contribution in [3.05, 3.63) is 69.9 Å². The minimum absolute atomic E-state index is 0.0160. The minimum atomic E-state index is -4.52. The lowest BCUT2D eigenvalue weighted by atomic mass is 9.99. The number of hydrogen-bond acceptors (Lipinski definition) is 5. The quantitative estimate of drug-likeness (QED) is 0.283. The highest BCUT2D eigenvalue weighted by atomic mass is 35.5. The molecule has 0 aliphatic carbocycles. The second-order valence-electron chi connectivity index (χ2n) is 9.19. The predicted octanol–water partition coefficient (Wildman–Crippen LogP) is 6.65. The van der Waals surface area contributed by atoms with Gasteiger partial charge in [0.1, 0.15) is 17.2 Å². The Morgan fingerprint density at radius 2 is 2.00 bits per heavy atom. The number of nitrogens with zero attached hydrogens (tertiary/aromatic N) is 2. The molecule has 4 aromatic rings. The number of alkyl halides is 3. The van der Waals surface area contributed by atoms with Crippen LogP contribution in [0.2, 0.25) is 5.02 Å². The molecule has 0 saturated carbocycles. The smallest absolute Gasteiger partial charge is 0.417 e. The van der Waals surface area contributed by atoms with Crippen LogP contribution in [-0.2, 0) is 12.6 Å². The van der Waals surface area contributed by atoms with E-state index in [1.807, 2.05) is 32.9 Å². The molecule has 2 aromatic heterocycles. The summed E-state index contributed by atoms with van der Waals surface area (Å²) in [5.74, 6) is 0.242. The van der Waals surface area contributed by atoms with Crippen LogP contribution in [0.4, 0.5) is 30.6 Å². The second-order valence-corrected chi connectivity index (χ2v) is 9.60. The van der Waals surface area contributed by atoms with Crippen molar-refractivity contribution in [1.29, 1.82) is 0 Å². The molecule has 3 heterocycles. The Hall–Kier alpha value is -3.79. The molecule has 186 valence electrons. The van der Waals surface area contributed by atoms with Crippen LogP contribution in [0.1, 0.15) is 40.9 Å². The molecule has 5 rings (SSSR count). The first-order valence-electron chi connectivity index (χ1n) is 11.0. The number of imidazole rings is 1. The summed E-state index contributed by atoms with van der Waals surface area (Å²) in [6.45, 7) is 5.73. The molecule has 36 heavy (non-hydrogen) atoms. The fraction of sp³-hybridized carbons (Fsp3) is 0.240. The maximum Gasteiger partial charge on any atom is 0.417 e. The summed E-state index contributed by atoms with van der Waals surface area (Å²) in [5.41, 5.74) is 2.38. The molecule has 1 aliphatic rings. The second kappa shape index (κ2) is 8.41. The van der Waals surface area contributed by atoms with Gasteiger partial charge in [0, 0.05) is 18.2 Å². The average Bonchev–Trinajstić information content (AvgIpc) is 3.34. The maximum absolute atomic E-state index is 13.2. The highest BCUT2D eigenvalue weighted by molar-refractivity contribution is 6.33. The molecule has 0 saturated heterocycles. The summed E-state index contributed by atoms with van der Waals surface area (Å²) in [6, 6.07) is 9.08. The zero-order chi connectivity index (χ0) is 25.8. The molecule has 0 fully saturated rings. The number of fused-ring (bicyclic) bond motifs is 3. The number of para-hydroxylation sites is 1. The fourth-order valence-electron chi connectivity index (χ4n) is 4.18. The van der Waals surface area contributed by atoms with E-state index >= 15 is 0 Å². The van der Waals surface area contributed by atoms with Gasteiger partial charge >= 0.3 is 6.18 Å². The lowest BCUT2D eigenvalue weighted by molar-refractivity contribution is -0.137. The summed E-state index contributed by atoms with van der Waals surface area (Å²) in [7, 11) is 0. The van der Waals surface area contributed by atoms with E-state index in [1.165, 1.54) is 0 Å². The Labute approximate surface area is 209 Å². The van der Waals surface area contributed by atoms with Crippen molar-refractivity contribution in [2.75, 3.05) is 10.6 Å². The van der Waals surface area contributed by atoms with Crippen LogP contribution >= 0.6 is 11.6 Å². The number of halogens is 4. The number of anilines is 3. The number of aromatic nitrogens is 3. The van der Waals surface area contributed by atoms with E-state index in [4.69, 9.17) is 16.3 Å². The number of carbonyl (C=O) groups is 1. The van der Waals surface area contributed by atoms with Gasteiger partial charge in [-0.2, -0.15) is 13.2 Å². The molecule has 0 spiro atoms. The van der Waals surface area contributed by atoms with Crippen molar-refractivity contribution in [1.82, 2.24) is 15.0 Å². The minimum Gasteiger partial charge on any atom is -0.486 e. The molecular formula is C25H21ClF3N5O2. The Balaban J connectivity index is 1.51. The fourth-order valence-corrected chi connectivity index (χ4v) is 4.45. The van der Waals surface area contributed by atoms with Crippen LogP contribution < -0.4 is 15.4 Å². The third kappa shape index (κ3) is 4.44. The third-order valence-electron chi connectivity index (χ3n) is 5.86. The van der Waals surface area contributed by atoms with Crippen LogP contribution in [-0.4, -0.2) is 26.5 Å². The zero-order valence-corrected chi connectivity index (χ0v) is 20.2. The third-order valence-corrected chi connectivity index (χ3v) is 6.17. The van der Waals surface area contributed by atoms with Crippen molar-refractivity contribution in [3.63, 3.8) is 0 Å². The van der Waals surface area contributed by atoms with Gasteiger partial charge in [-0.3, -0.25) is 4.79 Å². The summed E-state index contributed by atoms with van der Waals surface area (Å²) in [5, 5.41) is 6.29. The van der Waals surface area contributed by atoms with Crippen LogP contribution in [0.3, 0.4) is 0 Å². The lowest BCUT2D eigenvalue weighted by Crippen LogP contribution is -2.25. The van der Waals surface area contributed by atoms with Gasteiger partial charge in [-0.1, -0.05) is 23.7 Å². The number of hydrogen-bond donors (Lipinski definition) is 3. The number of amides is 1. The normalized spacial score (nSPS) is 14.4. The summed E-state index contributed by atoms with van der Waals surface area (Å²) < 4.78 is 44.6. The summed E-state index contributed by atoms with van der Waals surface area (Å²) in [4.78, 5) is 24.8. The molecule has 1 aliphatic heterocycles. The van der Waals surface area contributed by atoms with Crippen LogP contribution in [0.25, 0.3) is 11.0 Å². The highest BCUT2D eigenvalue weighted by Gasteiger charge is 2.36. The zero-order valence-electron chi connectivity index (χ0n) is 19.5. The molecule has 0 unspecified atom stereocenters. The van der Waals surface area contributed by atoms with Crippen LogP contribution in [0.15, 0.2) is 42.6 Å². The van der Waals surface area contributed by atoms with E-state index < -0.39 is 23.2 Å². The molecule has 0 atom stereocenters. The van der Waals surface area contributed by atoms with Crippen molar-refractivity contribution >= 4 is 46.0 Å². The molecule has 2 aromatic carbocycles. The SMILES string of the molecule is Cc1cccc(Cl)c1Nc1nc2cc(C(=O)Nc3ccc(C(F)(F)F)cn3)c3c(c2[nH]1)CC(C)(C)O3. The number of H-pyrrole nitrogens is 1. The number of aromatic amines is 1. The monoisotopic (exact) mass is 515 g/mol. The molecular weight excluding hydrogens is 495 g/mol. The van der Waals surface area contributed by atoms with Crippen molar-refractivity contribution in [3.8, 4) is 5.75 Å². The molecule has 11 heteroatoms. The molecule has 0 bridgehead atoms. The number of aryl methyl sites for hydroxylation is 1. The number of ether oxygens (including phenoxy) is 1. The van der Waals surface area contributed by atoms with Gasteiger partial charge < -0.3 is 20.4 Å². The van der Waals surface area contributed by atoms with Gasteiger partial charge in [0.25, 0.3) is 5.91 Å². The van der Waals surface area contributed by atoms with E-state index in [-0.39, 0.29) is 11.4 Å². The molecule has 0 radical (unpaired) electrons. The number of carbonyl (C=O) groups excluding carboxylic acids is 1. The predicted molar refractivity (Wildman–Crippen MR) is 131 cm³/mol. The van der Waals surface area contributed by atoms with Gasteiger partial charge in [-0.25, -0.2) is 9.97 Å². The van der Waals surface area contributed by atoms with Gasteiger partial charge in [-0.05, 0) is 50.6 Å². The van der Waals surface area contributed by atoms with Gasteiger partial charge in [0.05, 0.1) is 32.9 Å². The summed E-state index contributed by atoms with van der Waals surface area (Å²) >= 11 is 6.34. The Morgan fingerprint density at radius 3 is 2.67 bits per heavy atom. The van der Waals surface area contributed by atoms with E-state index in [2.05, 4.69) is 25.6 Å². The van der Waals surface area contributed by atoms with Crippen LogP contribution in [0, 0.1) is 6.92 Å². The van der Waals surface area contributed by atoms with Gasteiger partial charge in [-0.15, -0.1) is 0 Å². The topological polar surface area (TPSA) is 91.9 Å². The highest BCUT2D eigenvalue weighted by Crippen LogP contribution is 2.42. The van der Waals surface area contributed by atoms with E-state index in [0.717, 1.165) is 23.3 Å². The first-order valence-corrected chi connectivity index (χ1v) is 11.4. The largest absolute Gasteiger partial charge is 0.486 e. The average molecular weight is 516 g/mol. The van der Waals surface area contributed by atoms with E-state index in [9.17, 15) is 18.0 Å². The van der Waals surface area contributed by atoms with Crippen molar-refractivity contribution in [2.24, 2.45) is 0 Å². The van der Waals surface area contributed by atoms with Crippen LogP contribution in [0.5, 0.6) is 5.75 Å². The molecule has 1 amide bonds. The first-order chi connectivity index (χ1) is 16.9. The standard InChI is InChI=1S/C25H21ClF3N5O2/c1-12-5-4-6-16(26)19(12)33-23-31-17-9-14(21-15(20(17)34-23)10-24(2,3)36-21)22(35)32-18-8-7-13(11-30-18)25(27,28)29/h4-9,11H,10H2,1-3H3,(H,30,32,35)(H2,31,33,34). The van der Waals surface area contributed by atoms with Crippen molar-refractivity contribution in [2.45, 2.75) is 39.0 Å². The first kappa shape index (κ1) is 23.9. The Kier molecular flexibility index (Phi) is 5.59. The number of benzene rings is 2. The van der Waals surface area contributed by atoms with E-state index in [0.29, 0.717) is 46.1 Å².